The van der Waals surface area contributed by atoms with Gasteiger partial charge in [0, 0.05) is 12.6 Å². The minimum atomic E-state index is -5.08. The van der Waals surface area contributed by atoms with Crippen molar-refractivity contribution in [3.63, 3.8) is 0 Å². The van der Waals surface area contributed by atoms with Crippen LogP contribution in [-0.4, -0.2) is 83.9 Å². The van der Waals surface area contributed by atoms with E-state index in [-0.39, 0.29) is 18.4 Å². The van der Waals surface area contributed by atoms with Crippen LogP contribution in [0.2, 0.25) is 0 Å². The molecule has 0 bridgehead atoms. The fourth-order valence-electron chi connectivity index (χ4n) is 2.97. The largest absolute Gasteiger partial charge is 0.497 e. The minimum Gasteiger partial charge on any atom is -0.497 e. The third-order valence-corrected chi connectivity index (χ3v) is 4.67. The molecule has 0 radical (unpaired) electrons. The van der Waals surface area contributed by atoms with Gasteiger partial charge in [-0.1, -0.05) is 12.1 Å². The van der Waals surface area contributed by atoms with Crippen molar-refractivity contribution in [2.45, 2.75) is 37.5 Å². The van der Waals surface area contributed by atoms with E-state index in [1.54, 1.807) is 19.2 Å². The molecule has 0 saturated carbocycles. The number of piperidine rings is 1. The fourth-order valence-corrected chi connectivity index (χ4v) is 2.97. The van der Waals surface area contributed by atoms with Crippen LogP contribution in [0.5, 0.6) is 5.75 Å². The molecule has 1 aliphatic rings. The smallest absolute Gasteiger partial charge is 0.490 e. The van der Waals surface area contributed by atoms with Crippen molar-refractivity contribution in [1.82, 2.24) is 9.80 Å². The molecule has 8 nitrogen and oxygen atoms in total. The van der Waals surface area contributed by atoms with Gasteiger partial charge in [-0.25, -0.2) is 9.59 Å². The number of aliphatic carboxylic acids is 2. The van der Waals surface area contributed by atoms with Crippen molar-refractivity contribution in [2.75, 3.05) is 27.7 Å². The van der Waals surface area contributed by atoms with E-state index in [0.717, 1.165) is 17.7 Å². The van der Waals surface area contributed by atoms with Crippen LogP contribution < -0.4 is 4.74 Å². The molecule has 1 amide bonds. The summed E-state index contributed by atoms with van der Waals surface area (Å²) >= 11 is 0. The number of carboxylic acids is 2. The van der Waals surface area contributed by atoms with E-state index >= 15 is 0 Å². The Labute approximate surface area is 171 Å². The summed E-state index contributed by atoms with van der Waals surface area (Å²) in [4.78, 5) is 36.5. The zero-order valence-corrected chi connectivity index (χ0v) is 16.8. The molecule has 11 heteroatoms. The number of hydrogen-bond acceptors (Lipinski definition) is 5. The average molecular weight is 434 g/mol. The maximum absolute atomic E-state index is 12.5. The molecule has 2 rings (SSSR count). The minimum absolute atomic E-state index is 0.139. The predicted octanol–water partition coefficient (Wildman–Crippen LogP) is 1.88. The molecule has 1 aromatic rings. The highest BCUT2D eigenvalue weighted by molar-refractivity contribution is 5.85. The lowest BCUT2D eigenvalue weighted by Crippen LogP contribution is -2.54. The molecule has 168 valence electrons. The predicted molar refractivity (Wildman–Crippen MR) is 100 cm³/mol. The monoisotopic (exact) mass is 434 g/mol. The summed E-state index contributed by atoms with van der Waals surface area (Å²) in [6.45, 7) is 0.481. The Morgan fingerprint density at radius 1 is 1.17 bits per heavy atom. The van der Waals surface area contributed by atoms with Gasteiger partial charge in [0.15, 0.2) is 0 Å². The third-order valence-electron chi connectivity index (χ3n) is 4.67. The summed E-state index contributed by atoms with van der Waals surface area (Å²) in [5, 5.41) is 16.6. The van der Waals surface area contributed by atoms with Crippen LogP contribution in [-0.2, 0) is 20.8 Å². The number of amides is 1. The highest BCUT2D eigenvalue weighted by Gasteiger charge is 2.38. The number of nitrogens with zero attached hydrogens (tertiary/aromatic N) is 2. The topological polar surface area (TPSA) is 107 Å². The van der Waals surface area contributed by atoms with Crippen molar-refractivity contribution in [3.05, 3.63) is 29.8 Å². The van der Waals surface area contributed by atoms with Gasteiger partial charge in [-0.15, -0.1) is 0 Å². The van der Waals surface area contributed by atoms with Crippen LogP contribution in [0, 0.1) is 0 Å². The van der Waals surface area contributed by atoms with E-state index in [4.69, 9.17) is 14.6 Å². The Morgan fingerprint density at radius 2 is 1.70 bits per heavy atom. The Balaban J connectivity index is 0.000000553. The number of carboxylic acid groups (broad SMARTS) is 2. The average Bonchev–Trinajstić information content (AvgIpc) is 2.67. The number of methoxy groups -OCH3 is 1. The molecule has 1 saturated heterocycles. The van der Waals surface area contributed by atoms with Crippen LogP contribution in [0.25, 0.3) is 0 Å². The first-order chi connectivity index (χ1) is 13.9. The Morgan fingerprint density at radius 3 is 2.10 bits per heavy atom. The molecule has 2 unspecified atom stereocenters. The number of halogens is 3. The number of rotatable bonds is 5. The maximum atomic E-state index is 12.5. The quantitative estimate of drug-likeness (QED) is 0.729. The molecule has 2 atom stereocenters. The zero-order chi connectivity index (χ0) is 23.1. The van der Waals surface area contributed by atoms with E-state index in [1.807, 2.05) is 31.1 Å². The Kier molecular flexibility index (Phi) is 9.09. The summed E-state index contributed by atoms with van der Waals surface area (Å²) in [5.74, 6) is -3.09. The van der Waals surface area contributed by atoms with Gasteiger partial charge in [0.25, 0.3) is 0 Å². The highest BCUT2D eigenvalue weighted by atomic mass is 19.4. The summed E-state index contributed by atoms with van der Waals surface area (Å²) in [6, 6.07) is 6.71. The number of benzene rings is 1. The highest BCUT2D eigenvalue weighted by Crippen LogP contribution is 2.22. The Hall–Kier alpha value is -2.82. The van der Waals surface area contributed by atoms with Crippen molar-refractivity contribution in [3.8, 4) is 5.75 Å². The van der Waals surface area contributed by atoms with E-state index in [9.17, 15) is 27.9 Å². The second kappa shape index (κ2) is 10.8. The van der Waals surface area contributed by atoms with Crippen LogP contribution in [0.15, 0.2) is 24.3 Å². The van der Waals surface area contributed by atoms with E-state index in [0.29, 0.717) is 13.0 Å². The van der Waals surface area contributed by atoms with Crippen molar-refractivity contribution in [2.24, 2.45) is 0 Å². The molecule has 1 fully saturated rings. The van der Waals surface area contributed by atoms with Crippen LogP contribution in [0.4, 0.5) is 13.2 Å². The summed E-state index contributed by atoms with van der Waals surface area (Å²) in [6.07, 6.45) is -3.61. The fraction of sp³-hybridized carbons (Fsp3) is 0.526. The van der Waals surface area contributed by atoms with Crippen molar-refractivity contribution < 1.29 is 42.5 Å². The van der Waals surface area contributed by atoms with Crippen LogP contribution >= 0.6 is 0 Å². The van der Waals surface area contributed by atoms with Gasteiger partial charge < -0.3 is 24.7 Å². The first kappa shape index (κ1) is 25.2. The first-order valence-electron chi connectivity index (χ1n) is 8.98. The molecular weight excluding hydrogens is 409 g/mol. The molecule has 0 aliphatic carbocycles. The number of carbonyl (C=O) groups excluding carboxylic acids is 1. The van der Waals surface area contributed by atoms with Gasteiger partial charge in [0.05, 0.1) is 13.5 Å². The molecule has 1 aliphatic heterocycles. The van der Waals surface area contributed by atoms with Crippen molar-refractivity contribution in [1.29, 1.82) is 0 Å². The normalized spacial score (nSPS) is 19.0. The molecular formula is C19H25F3N2O6. The van der Waals surface area contributed by atoms with Gasteiger partial charge in [0.2, 0.25) is 5.91 Å². The lowest BCUT2D eigenvalue weighted by atomic mass is 9.95. The first-order valence-corrected chi connectivity index (χ1v) is 8.98. The molecule has 1 aromatic carbocycles. The number of alkyl halides is 3. The summed E-state index contributed by atoms with van der Waals surface area (Å²) in [7, 11) is 5.48. The third kappa shape index (κ3) is 7.54. The van der Waals surface area contributed by atoms with Gasteiger partial charge in [-0.3, -0.25) is 4.79 Å². The SMILES string of the molecule is COc1ccc(CC(=O)N2CCC(N(C)C)CC2C(=O)O)cc1.O=C(O)C(F)(F)F. The molecule has 1 heterocycles. The molecule has 0 aromatic heterocycles. The molecule has 30 heavy (non-hydrogen) atoms. The summed E-state index contributed by atoms with van der Waals surface area (Å²) < 4.78 is 36.8. The lowest BCUT2D eigenvalue weighted by molar-refractivity contribution is -0.192. The second-order valence-electron chi connectivity index (χ2n) is 6.91. The number of carbonyl (C=O) groups is 3. The van der Waals surface area contributed by atoms with Gasteiger partial charge in [0.1, 0.15) is 11.8 Å². The number of ether oxygens (including phenoxy) is 1. The lowest BCUT2D eigenvalue weighted by Gasteiger charge is -2.39. The van der Waals surface area contributed by atoms with E-state index in [1.165, 1.54) is 4.90 Å². The number of likely N-dealkylation sites (tertiary alicyclic amines) is 1. The van der Waals surface area contributed by atoms with Gasteiger partial charge in [-0.05, 0) is 44.6 Å². The number of hydrogen-bond donors (Lipinski definition) is 2. The van der Waals surface area contributed by atoms with Crippen LogP contribution in [0.3, 0.4) is 0 Å². The standard InChI is InChI=1S/C17H24N2O4.C2HF3O2/c1-18(2)13-8-9-19(15(11-13)17(21)22)16(20)10-12-4-6-14(23-3)7-5-12;3-2(4,5)1(6)7/h4-7,13,15H,8-11H2,1-3H3,(H,21,22);(H,6,7). The van der Waals surface area contributed by atoms with Crippen molar-refractivity contribution >= 4 is 17.8 Å². The van der Waals surface area contributed by atoms with Gasteiger partial charge >= 0.3 is 18.1 Å². The molecule has 2 N–H and O–H groups in total. The molecule has 0 spiro atoms. The van der Waals surface area contributed by atoms with E-state index in [2.05, 4.69) is 0 Å². The maximum Gasteiger partial charge on any atom is 0.490 e. The van der Waals surface area contributed by atoms with E-state index < -0.39 is 24.2 Å². The second-order valence-corrected chi connectivity index (χ2v) is 6.91. The van der Waals surface area contributed by atoms with Crippen LogP contribution in [0.1, 0.15) is 18.4 Å². The summed E-state index contributed by atoms with van der Waals surface area (Å²) in [5.41, 5.74) is 0.856. The zero-order valence-electron chi connectivity index (χ0n) is 16.8. The van der Waals surface area contributed by atoms with Gasteiger partial charge in [-0.2, -0.15) is 13.2 Å². The Bertz CT molecular complexity index is 737.